The van der Waals surface area contributed by atoms with Crippen LogP contribution in [0, 0.1) is 6.07 Å². The summed E-state index contributed by atoms with van der Waals surface area (Å²) in [5, 5.41) is 0. The van der Waals surface area contributed by atoms with Crippen molar-refractivity contribution in [2.45, 2.75) is 0 Å². The molecule has 0 spiro atoms. The first kappa shape index (κ1) is 9.04. The summed E-state index contributed by atoms with van der Waals surface area (Å²) < 4.78 is 0. The molecule has 0 saturated carbocycles. The molecule has 1 radical (unpaired) electrons. The molecule has 2 aromatic carbocycles. The van der Waals surface area contributed by atoms with Gasteiger partial charge < -0.3 is 0 Å². The van der Waals surface area contributed by atoms with E-state index >= 15 is 0 Å². The molecular formula is C14H9N2. The lowest BCUT2D eigenvalue weighted by atomic mass is 10.0. The summed E-state index contributed by atoms with van der Waals surface area (Å²) >= 11 is 0. The third-order valence-corrected chi connectivity index (χ3v) is 2.50. The van der Waals surface area contributed by atoms with Gasteiger partial charge >= 0.3 is 0 Å². The van der Waals surface area contributed by atoms with Gasteiger partial charge in [0.15, 0.2) is 0 Å². The van der Waals surface area contributed by atoms with Crippen molar-refractivity contribution in [2.24, 2.45) is 0 Å². The lowest BCUT2D eigenvalue weighted by molar-refractivity contribution is 1.29. The zero-order valence-electron chi connectivity index (χ0n) is 8.59. The molecule has 3 rings (SSSR count). The summed E-state index contributed by atoms with van der Waals surface area (Å²) in [6.45, 7) is 0. The predicted molar refractivity (Wildman–Crippen MR) is 63.8 cm³/mol. The predicted octanol–water partition coefficient (Wildman–Crippen LogP) is 3.10. The van der Waals surface area contributed by atoms with Crippen LogP contribution in [0.2, 0.25) is 0 Å². The van der Waals surface area contributed by atoms with Crippen molar-refractivity contribution in [3.63, 3.8) is 0 Å². The molecule has 0 aliphatic heterocycles. The normalized spacial score (nSPS) is 10.5. The Morgan fingerprint density at radius 3 is 2.69 bits per heavy atom. The molecule has 0 fully saturated rings. The van der Waals surface area contributed by atoms with Gasteiger partial charge in [0.25, 0.3) is 0 Å². The highest BCUT2D eigenvalue weighted by Gasteiger charge is 2.04. The summed E-state index contributed by atoms with van der Waals surface area (Å²) in [7, 11) is 0. The average molecular weight is 205 g/mol. The monoisotopic (exact) mass is 205 g/mol. The van der Waals surface area contributed by atoms with Gasteiger partial charge in [0.05, 0.1) is 11.0 Å². The van der Waals surface area contributed by atoms with Gasteiger partial charge in [-0.15, -0.1) is 0 Å². The molecule has 0 bridgehead atoms. The van der Waals surface area contributed by atoms with Crippen LogP contribution in [0.5, 0.6) is 0 Å². The zero-order valence-corrected chi connectivity index (χ0v) is 8.59. The fourth-order valence-corrected chi connectivity index (χ4v) is 1.77. The Bertz CT molecular complexity index is 612. The summed E-state index contributed by atoms with van der Waals surface area (Å²) in [5.41, 5.74) is 3.96. The van der Waals surface area contributed by atoms with E-state index in [1.807, 2.05) is 42.5 Å². The van der Waals surface area contributed by atoms with Crippen molar-refractivity contribution in [1.82, 2.24) is 9.97 Å². The number of para-hydroxylation sites is 1. The van der Waals surface area contributed by atoms with E-state index < -0.39 is 0 Å². The first-order valence-electron chi connectivity index (χ1n) is 5.12. The zero-order chi connectivity index (χ0) is 10.8. The number of nitrogens with zero attached hydrogens (tertiary/aromatic N) is 2. The van der Waals surface area contributed by atoms with E-state index in [2.05, 4.69) is 16.0 Å². The second-order valence-electron chi connectivity index (χ2n) is 3.51. The largest absolute Gasteiger partial charge is 0.253 e. The minimum atomic E-state index is 0.914. The molecule has 2 nitrogen and oxygen atoms in total. The standard InChI is InChI=1S/C14H9N2/c1-2-5-11(6-3-1)12-7-4-8-13-14(12)16-10-9-15-13/h1-5,7-10H. The van der Waals surface area contributed by atoms with E-state index in [1.165, 1.54) is 0 Å². The number of aromatic nitrogens is 2. The molecule has 0 unspecified atom stereocenters. The number of benzene rings is 2. The fraction of sp³-hybridized carbons (Fsp3) is 0. The minimum absolute atomic E-state index is 0.914. The Labute approximate surface area is 93.6 Å². The Hall–Kier alpha value is -2.22. The molecule has 0 amide bonds. The highest BCUT2D eigenvalue weighted by Crippen LogP contribution is 2.24. The Balaban J connectivity index is 2.32. The van der Waals surface area contributed by atoms with Crippen LogP contribution < -0.4 is 0 Å². The van der Waals surface area contributed by atoms with Gasteiger partial charge in [0.1, 0.15) is 0 Å². The molecule has 1 heterocycles. The average Bonchev–Trinajstić information content (AvgIpc) is 2.39. The fourth-order valence-electron chi connectivity index (χ4n) is 1.77. The Kier molecular flexibility index (Phi) is 2.11. The molecule has 1 aromatic heterocycles. The molecule has 0 atom stereocenters. The van der Waals surface area contributed by atoms with Crippen LogP contribution in [0.15, 0.2) is 54.9 Å². The van der Waals surface area contributed by atoms with Crippen LogP contribution in [0.3, 0.4) is 0 Å². The molecule has 75 valence electrons. The maximum atomic E-state index is 4.38. The van der Waals surface area contributed by atoms with Crippen molar-refractivity contribution in [2.75, 3.05) is 0 Å². The van der Waals surface area contributed by atoms with Gasteiger partial charge in [-0.25, -0.2) is 0 Å². The summed E-state index contributed by atoms with van der Waals surface area (Å²) in [4.78, 5) is 8.67. The smallest absolute Gasteiger partial charge is 0.0965 e. The van der Waals surface area contributed by atoms with Crippen LogP contribution in [0.4, 0.5) is 0 Å². The van der Waals surface area contributed by atoms with Crippen LogP contribution in [-0.2, 0) is 0 Å². The first-order chi connectivity index (χ1) is 7.95. The van der Waals surface area contributed by atoms with Crippen molar-refractivity contribution in [1.29, 1.82) is 0 Å². The SMILES string of the molecule is [c]1ccccc1-c1cccc2nccnc12. The van der Waals surface area contributed by atoms with E-state index in [-0.39, 0.29) is 0 Å². The van der Waals surface area contributed by atoms with Gasteiger partial charge in [-0.1, -0.05) is 36.4 Å². The van der Waals surface area contributed by atoms with Crippen molar-refractivity contribution in [3.8, 4) is 11.1 Å². The molecule has 0 N–H and O–H groups in total. The lowest BCUT2D eigenvalue weighted by Crippen LogP contribution is -1.86. The van der Waals surface area contributed by atoms with E-state index in [0.29, 0.717) is 0 Å². The topological polar surface area (TPSA) is 25.8 Å². The highest BCUT2D eigenvalue weighted by atomic mass is 14.8. The number of fused-ring (bicyclic) bond motifs is 1. The van der Waals surface area contributed by atoms with Gasteiger partial charge in [0.2, 0.25) is 0 Å². The molecule has 0 saturated heterocycles. The second kappa shape index (κ2) is 3.74. The van der Waals surface area contributed by atoms with Crippen molar-refractivity contribution < 1.29 is 0 Å². The number of hydrogen-bond acceptors (Lipinski definition) is 2. The van der Waals surface area contributed by atoms with Crippen LogP contribution in [0.1, 0.15) is 0 Å². The van der Waals surface area contributed by atoms with Gasteiger partial charge in [-0.05, 0) is 17.7 Å². The molecule has 3 aromatic rings. The van der Waals surface area contributed by atoms with Crippen molar-refractivity contribution in [3.05, 3.63) is 60.9 Å². The summed E-state index contributed by atoms with van der Waals surface area (Å²) in [5.74, 6) is 0. The van der Waals surface area contributed by atoms with Gasteiger partial charge in [-0.2, -0.15) is 0 Å². The Morgan fingerprint density at radius 2 is 1.81 bits per heavy atom. The molecule has 0 aliphatic carbocycles. The molecular weight excluding hydrogens is 196 g/mol. The first-order valence-corrected chi connectivity index (χ1v) is 5.12. The van der Waals surface area contributed by atoms with E-state index in [0.717, 1.165) is 22.2 Å². The van der Waals surface area contributed by atoms with E-state index in [9.17, 15) is 0 Å². The van der Waals surface area contributed by atoms with Gasteiger partial charge in [0, 0.05) is 18.0 Å². The minimum Gasteiger partial charge on any atom is -0.253 e. The maximum absolute atomic E-state index is 4.38. The molecule has 0 aliphatic rings. The third-order valence-electron chi connectivity index (χ3n) is 2.50. The van der Waals surface area contributed by atoms with Crippen molar-refractivity contribution >= 4 is 11.0 Å². The number of rotatable bonds is 1. The maximum Gasteiger partial charge on any atom is 0.0965 e. The number of hydrogen-bond donors (Lipinski definition) is 0. The molecule has 16 heavy (non-hydrogen) atoms. The third kappa shape index (κ3) is 1.44. The van der Waals surface area contributed by atoms with Crippen LogP contribution in [-0.4, -0.2) is 9.97 Å². The van der Waals surface area contributed by atoms with Gasteiger partial charge in [-0.3, -0.25) is 9.97 Å². The van der Waals surface area contributed by atoms with Crippen LogP contribution in [0.25, 0.3) is 22.2 Å². The lowest BCUT2D eigenvalue weighted by Gasteiger charge is -2.04. The summed E-state index contributed by atoms with van der Waals surface area (Å²) in [6.07, 6.45) is 3.43. The van der Waals surface area contributed by atoms with E-state index in [4.69, 9.17) is 0 Å². The summed E-state index contributed by atoms with van der Waals surface area (Å²) in [6, 6.07) is 17.1. The van der Waals surface area contributed by atoms with E-state index in [1.54, 1.807) is 12.4 Å². The highest BCUT2D eigenvalue weighted by molar-refractivity contribution is 5.90. The molecule has 2 heteroatoms. The quantitative estimate of drug-likeness (QED) is 0.610. The Morgan fingerprint density at radius 1 is 0.875 bits per heavy atom. The van der Waals surface area contributed by atoms with Crippen LogP contribution >= 0.6 is 0 Å². The second-order valence-corrected chi connectivity index (χ2v) is 3.51.